The van der Waals surface area contributed by atoms with Gasteiger partial charge in [-0.1, -0.05) is 56.7 Å². The number of carbonyl (C=O) groups is 6. The Labute approximate surface area is 346 Å². The number of carbonyl (C=O) groups excluding carboxylic acids is 6. The fourth-order valence-corrected chi connectivity index (χ4v) is 10.4. The molecule has 4 N–H and O–H groups in total. The van der Waals surface area contributed by atoms with Gasteiger partial charge in [0.05, 0.1) is 21.5 Å². The lowest BCUT2D eigenvalue weighted by Crippen LogP contribution is -2.57. The first-order valence-electron chi connectivity index (χ1n) is 19.7. The summed E-state index contributed by atoms with van der Waals surface area (Å²) in [6.45, 7) is 6.72. The maximum Gasteiger partial charge on any atom is 0.415 e. The van der Waals surface area contributed by atoms with Crippen LogP contribution in [-0.4, -0.2) is 94.3 Å². The smallest absolute Gasteiger partial charge is 0.415 e. The molecule has 0 spiro atoms. The fraction of sp³-hybridized carbons (Fsp3) is 0.561. The number of hydrogen-bond donors (Lipinski definition) is 3. The van der Waals surface area contributed by atoms with E-state index in [2.05, 4.69) is 10.6 Å². The molecule has 15 nitrogen and oxygen atoms in total. The maximum atomic E-state index is 13.9. The number of nitrogens with one attached hydrogen (secondary N) is 2. The average Bonchev–Trinajstić information content (AvgIpc) is 3.60. The van der Waals surface area contributed by atoms with Crippen molar-refractivity contribution in [3.63, 3.8) is 0 Å². The van der Waals surface area contributed by atoms with Gasteiger partial charge in [-0.15, -0.1) is 0 Å². The van der Waals surface area contributed by atoms with Crippen LogP contribution in [0.1, 0.15) is 84.1 Å². The molecule has 4 rings (SSSR count). The quantitative estimate of drug-likeness (QED) is 0.0544. The number of para-hydroxylation sites is 2. The van der Waals surface area contributed by atoms with E-state index < -0.39 is 69.7 Å². The van der Waals surface area contributed by atoms with Crippen molar-refractivity contribution in [2.24, 2.45) is 17.1 Å². The lowest BCUT2D eigenvalue weighted by Gasteiger charge is -2.40. The average molecular weight is 845 g/mol. The summed E-state index contributed by atoms with van der Waals surface area (Å²) in [7, 11) is 0.619. The third kappa shape index (κ3) is 14.7. The SMILES string of the molecule is Cc1ccccc1OCC(=O)NC(CC(C)C)C(=O)N[C@@H](CC1(C(N)=O)CCN(C(=O)Oc2ccccc2)CC1)C(=O)OC(C)OC(=O)CCCC[C@@H]1CC[S+]([O-])S1. The van der Waals surface area contributed by atoms with E-state index in [1.165, 1.54) is 22.6 Å². The van der Waals surface area contributed by atoms with Gasteiger partial charge < -0.3 is 44.8 Å². The molecule has 58 heavy (non-hydrogen) atoms. The van der Waals surface area contributed by atoms with Crippen LogP contribution in [0, 0.1) is 18.3 Å². The van der Waals surface area contributed by atoms with Crippen molar-refractivity contribution in [3.05, 3.63) is 60.2 Å². The monoisotopic (exact) mass is 844 g/mol. The number of piperidine rings is 1. The van der Waals surface area contributed by atoms with Crippen LogP contribution in [0.3, 0.4) is 0 Å². The molecule has 2 aliphatic heterocycles. The van der Waals surface area contributed by atoms with Gasteiger partial charge in [0.15, 0.2) is 6.61 Å². The molecule has 318 valence electrons. The van der Waals surface area contributed by atoms with E-state index >= 15 is 0 Å². The number of rotatable bonds is 20. The minimum atomic E-state index is -1.46. The molecule has 0 radical (unpaired) electrons. The molecule has 3 unspecified atom stereocenters. The van der Waals surface area contributed by atoms with Gasteiger partial charge in [-0.3, -0.25) is 19.2 Å². The van der Waals surface area contributed by atoms with E-state index in [-0.39, 0.29) is 57.7 Å². The summed E-state index contributed by atoms with van der Waals surface area (Å²) in [6.07, 6.45) is 1.14. The summed E-state index contributed by atoms with van der Waals surface area (Å²) in [6, 6.07) is 13.1. The molecule has 0 aliphatic carbocycles. The number of primary amides is 1. The van der Waals surface area contributed by atoms with Crippen LogP contribution in [-0.2, 0) is 43.7 Å². The highest BCUT2D eigenvalue weighted by Gasteiger charge is 2.46. The summed E-state index contributed by atoms with van der Waals surface area (Å²) in [5.41, 5.74) is 5.46. The van der Waals surface area contributed by atoms with E-state index in [4.69, 9.17) is 24.7 Å². The van der Waals surface area contributed by atoms with Crippen LogP contribution in [0.15, 0.2) is 54.6 Å². The van der Waals surface area contributed by atoms with Crippen LogP contribution in [0.2, 0.25) is 0 Å². The number of esters is 2. The van der Waals surface area contributed by atoms with Crippen molar-refractivity contribution in [1.29, 1.82) is 0 Å². The third-order valence-corrected chi connectivity index (χ3v) is 13.5. The number of benzene rings is 2. The molecule has 2 aromatic carbocycles. The summed E-state index contributed by atoms with van der Waals surface area (Å²) in [5, 5.41) is 5.70. The van der Waals surface area contributed by atoms with Crippen LogP contribution in [0.4, 0.5) is 4.79 Å². The Morgan fingerprint density at radius 2 is 1.64 bits per heavy atom. The Bertz CT molecular complexity index is 1710. The number of amides is 4. The van der Waals surface area contributed by atoms with Crippen molar-refractivity contribution < 1.29 is 52.3 Å². The number of ether oxygens (including phenoxy) is 4. The molecule has 0 aromatic heterocycles. The van der Waals surface area contributed by atoms with Crippen molar-refractivity contribution in [3.8, 4) is 11.5 Å². The number of hydrogen-bond acceptors (Lipinski definition) is 12. The molecule has 4 amide bonds. The minimum Gasteiger partial charge on any atom is -0.605 e. The third-order valence-electron chi connectivity index (χ3n) is 10.0. The lowest BCUT2D eigenvalue weighted by molar-refractivity contribution is -0.187. The number of unbranched alkanes of at least 4 members (excludes halogenated alkanes) is 1. The van der Waals surface area contributed by atoms with Crippen molar-refractivity contribution in [1.82, 2.24) is 15.5 Å². The molecular formula is C41H56N4O11S2. The predicted molar refractivity (Wildman–Crippen MR) is 219 cm³/mol. The molecule has 2 aromatic rings. The van der Waals surface area contributed by atoms with Gasteiger partial charge in [0.2, 0.25) is 18.1 Å². The fourth-order valence-electron chi connectivity index (χ4n) is 6.80. The Morgan fingerprint density at radius 3 is 2.28 bits per heavy atom. The van der Waals surface area contributed by atoms with E-state index in [9.17, 15) is 33.3 Å². The second-order valence-electron chi connectivity index (χ2n) is 15.1. The van der Waals surface area contributed by atoms with Gasteiger partial charge >= 0.3 is 18.0 Å². The van der Waals surface area contributed by atoms with Gasteiger partial charge in [-0.25, -0.2) is 9.59 Å². The predicted octanol–water partition coefficient (Wildman–Crippen LogP) is 4.71. The zero-order valence-corrected chi connectivity index (χ0v) is 35.2. The first-order valence-corrected chi connectivity index (χ1v) is 22.4. The Balaban J connectivity index is 1.44. The summed E-state index contributed by atoms with van der Waals surface area (Å²) >= 11 is 0. The van der Waals surface area contributed by atoms with Crippen LogP contribution in [0.5, 0.6) is 11.5 Å². The Hall–Kier alpha value is -4.48. The first-order chi connectivity index (χ1) is 27.6. The molecule has 5 atom stereocenters. The first kappa shape index (κ1) is 46.2. The molecule has 0 saturated carbocycles. The number of nitrogens with zero attached hydrogens (tertiary/aromatic N) is 1. The van der Waals surface area contributed by atoms with Crippen LogP contribution in [0.25, 0.3) is 0 Å². The molecule has 2 fully saturated rings. The molecule has 0 bridgehead atoms. The molecule has 2 heterocycles. The minimum absolute atomic E-state index is 0.0497. The number of nitrogens with two attached hydrogens (primary N) is 1. The van der Waals surface area contributed by atoms with E-state index in [1.54, 1.807) is 42.5 Å². The molecule has 2 saturated heterocycles. The number of aryl methyl sites for hydroxylation is 1. The van der Waals surface area contributed by atoms with Crippen molar-refractivity contribution in [2.75, 3.05) is 25.4 Å². The van der Waals surface area contributed by atoms with Gasteiger partial charge in [0.25, 0.3) is 5.91 Å². The molecule has 2 aliphatic rings. The van der Waals surface area contributed by atoms with Gasteiger partial charge in [-0.05, 0) is 75.1 Å². The van der Waals surface area contributed by atoms with E-state index in [0.717, 1.165) is 24.8 Å². The van der Waals surface area contributed by atoms with Crippen molar-refractivity contribution in [2.45, 2.75) is 109 Å². The van der Waals surface area contributed by atoms with E-state index in [1.807, 2.05) is 32.9 Å². The van der Waals surface area contributed by atoms with Crippen LogP contribution < -0.4 is 25.8 Å². The second-order valence-corrected chi connectivity index (χ2v) is 18.7. The van der Waals surface area contributed by atoms with E-state index in [0.29, 0.717) is 28.9 Å². The van der Waals surface area contributed by atoms with Gasteiger partial charge in [0.1, 0.15) is 29.3 Å². The van der Waals surface area contributed by atoms with Gasteiger partial charge in [0, 0.05) is 43.1 Å². The topological polar surface area (TPSA) is 216 Å². The summed E-state index contributed by atoms with van der Waals surface area (Å²) in [4.78, 5) is 81.1. The highest BCUT2D eigenvalue weighted by atomic mass is 33.1. The molecule has 17 heteroatoms. The van der Waals surface area contributed by atoms with Crippen molar-refractivity contribution >= 4 is 56.8 Å². The number of likely N-dealkylation sites (tertiary alicyclic amines) is 1. The maximum absolute atomic E-state index is 13.9. The Kier molecular flexibility index (Phi) is 18.0. The summed E-state index contributed by atoms with van der Waals surface area (Å²) < 4.78 is 33.7. The normalized spacial score (nSPS) is 19.0. The molecular weight excluding hydrogens is 789 g/mol. The van der Waals surface area contributed by atoms with Crippen LogP contribution >= 0.6 is 10.8 Å². The standard InChI is InChI=1S/C41H56N4O11S2/c1-27(2)24-32(43-35(46)26-53-34-16-10-8-12-28(34)3)37(48)44-33(38(49)55-29(4)54-36(47)17-11-9-15-31-18-23-58(52)57-31)25-41(39(42)50)19-21-45(22-20-41)40(51)56-30-13-6-5-7-14-30/h5-8,10,12-14,16,27,29,31-33H,9,11,15,17-26H2,1-4H3,(H2,42,50)(H,43,46)(H,44,48)/t29?,31-,32?,33+,58?/m1/s1. The second kappa shape index (κ2) is 22.6. The highest BCUT2D eigenvalue weighted by molar-refractivity contribution is 8.72. The summed E-state index contributed by atoms with van der Waals surface area (Å²) in [5.74, 6) is -2.09. The lowest BCUT2D eigenvalue weighted by atomic mass is 9.73. The zero-order valence-electron chi connectivity index (χ0n) is 33.6. The largest absolute Gasteiger partial charge is 0.605 e. The zero-order chi connectivity index (χ0) is 42.2. The highest BCUT2D eigenvalue weighted by Crippen LogP contribution is 2.37. The van der Waals surface area contributed by atoms with Gasteiger partial charge in [-0.2, -0.15) is 0 Å². The Morgan fingerprint density at radius 1 is 0.948 bits per heavy atom.